The van der Waals surface area contributed by atoms with E-state index in [0.29, 0.717) is 35.7 Å². The van der Waals surface area contributed by atoms with E-state index in [0.717, 1.165) is 27.8 Å². The van der Waals surface area contributed by atoms with Crippen LogP contribution in [0.15, 0.2) is 84.1 Å². The molecule has 1 unspecified atom stereocenters. The second-order valence-electron chi connectivity index (χ2n) is 9.33. The number of hydrogen-bond acceptors (Lipinski definition) is 8. The normalized spacial score (nSPS) is 14.2. The second kappa shape index (κ2) is 11.7. The van der Waals surface area contributed by atoms with E-state index in [-0.39, 0.29) is 17.9 Å². The molecule has 4 aromatic rings. The maximum Gasteiger partial charge on any atom is 0.267 e. The van der Waals surface area contributed by atoms with E-state index < -0.39 is 0 Å². The first-order chi connectivity index (χ1) is 19.5. The third kappa shape index (κ3) is 5.63. The number of carbonyl (C=O) groups excluding carboxylic acids is 1. The third-order valence-corrected chi connectivity index (χ3v) is 6.75. The number of nitrogen functional groups attached to an aromatic ring is 2. The van der Waals surface area contributed by atoms with E-state index in [1.807, 2.05) is 54.6 Å². The minimum Gasteiger partial charge on any atom is -0.493 e. The van der Waals surface area contributed by atoms with Crippen molar-refractivity contribution in [1.29, 1.82) is 0 Å². The molecule has 1 aliphatic rings. The highest BCUT2D eigenvalue weighted by Crippen LogP contribution is 2.35. The van der Waals surface area contributed by atoms with Gasteiger partial charge in [0.2, 0.25) is 5.95 Å². The number of amides is 1. The summed E-state index contributed by atoms with van der Waals surface area (Å²) in [6, 6.07) is 21.6. The number of benzene rings is 3. The minimum absolute atomic E-state index is 0.115. The first kappa shape index (κ1) is 26.4. The number of nitrogens with zero attached hydrogens (tertiary/aromatic N) is 4. The van der Waals surface area contributed by atoms with Crippen LogP contribution in [0.4, 0.5) is 11.8 Å². The number of nitrogens with two attached hydrogens (primary N) is 2. The van der Waals surface area contributed by atoms with E-state index in [1.165, 1.54) is 11.1 Å². The van der Waals surface area contributed by atoms with Crippen LogP contribution in [-0.4, -0.2) is 41.3 Å². The van der Waals surface area contributed by atoms with Crippen molar-refractivity contribution in [2.45, 2.75) is 18.9 Å². The summed E-state index contributed by atoms with van der Waals surface area (Å²) in [6.45, 7) is 0. The summed E-state index contributed by atoms with van der Waals surface area (Å²) in [5.74, 6) is 1.19. The minimum atomic E-state index is -0.255. The third-order valence-electron chi connectivity index (χ3n) is 6.75. The van der Waals surface area contributed by atoms with Crippen molar-refractivity contribution in [3.63, 3.8) is 0 Å². The molecule has 0 spiro atoms. The van der Waals surface area contributed by atoms with E-state index in [4.69, 9.17) is 20.9 Å². The molecule has 9 heteroatoms. The number of ether oxygens (including phenoxy) is 2. The van der Waals surface area contributed by atoms with Gasteiger partial charge in [0.1, 0.15) is 5.82 Å². The van der Waals surface area contributed by atoms with Crippen LogP contribution in [0, 0.1) is 0 Å². The molecular weight excluding hydrogens is 504 g/mol. The van der Waals surface area contributed by atoms with E-state index in [2.05, 4.69) is 27.2 Å². The number of anilines is 2. The smallest absolute Gasteiger partial charge is 0.267 e. The van der Waals surface area contributed by atoms with Crippen LogP contribution in [0.25, 0.3) is 6.08 Å². The first-order valence-corrected chi connectivity index (χ1v) is 12.8. The SMILES string of the molecule is COc1cc(Cc2cnc(N)nc2N)cc(/C=C/C(=O)N2N=Cc3ccccc3C2Cc2ccccc2)c1OC. The Hall–Kier alpha value is -5.18. The average molecular weight is 535 g/mol. The Balaban J connectivity index is 1.46. The average Bonchev–Trinajstić information content (AvgIpc) is 2.97. The molecule has 0 radical (unpaired) electrons. The fourth-order valence-corrected chi connectivity index (χ4v) is 4.82. The van der Waals surface area contributed by atoms with Gasteiger partial charge in [-0.25, -0.2) is 9.99 Å². The van der Waals surface area contributed by atoms with Gasteiger partial charge in [-0.1, -0.05) is 54.6 Å². The Morgan fingerprint density at radius 1 is 1.00 bits per heavy atom. The molecule has 5 rings (SSSR count). The number of methoxy groups -OCH3 is 2. The summed E-state index contributed by atoms with van der Waals surface area (Å²) in [5.41, 5.74) is 17.1. The Morgan fingerprint density at radius 3 is 2.52 bits per heavy atom. The molecule has 1 aliphatic heterocycles. The summed E-state index contributed by atoms with van der Waals surface area (Å²) in [4.78, 5) is 21.7. The van der Waals surface area contributed by atoms with Crippen molar-refractivity contribution in [2.24, 2.45) is 5.10 Å². The molecule has 3 aromatic carbocycles. The number of hydrazone groups is 1. The summed E-state index contributed by atoms with van der Waals surface area (Å²) >= 11 is 0. The molecule has 0 aliphatic carbocycles. The number of rotatable bonds is 8. The monoisotopic (exact) mass is 534 g/mol. The fraction of sp³-hybridized carbons (Fsp3) is 0.161. The molecule has 0 saturated heterocycles. The molecular formula is C31H30N6O3. The molecule has 1 atom stereocenters. The van der Waals surface area contributed by atoms with Crippen LogP contribution in [0.3, 0.4) is 0 Å². The highest BCUT2D eigenvalue weighted by molar-refractivity contribution is 5.95. The van der Waals surface area contributed by atoms with Gasteiger partial charge in [0.25, 0.3) is 5.91 Å². The Bertz CT molecular complexity index is 1590. The molecule has 1 amide bonds. The number of carbonyl (C=O) groups is 1. The maximum absolute atomic E-state index is 13.6. The zero-order chi connectivity index (χ0) is 28.1. The van der Waals surface area contributed by atoms with Crippen molar-refractivity contribution < 1.29 is 14.3 Å². The predicted molar refractivity (Wildman–Crippen MR) is 156 cm³/mol. The summed E-state index contributed by atoms with van der Waals surface area (Å²) < 4.78 is 11.2. The highest BCUT2D eigenvalue weighted by Gasteiger charge is 2.28. The summed E-state index contributed by atoms with van der Waals surface area (Å²) in [7, 11) is 3.12. The van der Waals surface area contributed by atoms with Gasteiger partial charge in [-0.15, -0.1) is 0 Å². The van der Waals surface area contributed by atoms with Gasteiger partial charge in [0.05, 0.1) is 26.5 Å². The lowest BCUT2D eigenvalue weighted by molar-refractivity contribution is -0.128. The Morgan fingerprint density at radius 2 is 1.77 bits per heavy atom. The molecule has 0 bridgehead atoms. The maximum atomic E-state index is 13.6. The first-order valence-electron chi connectivity index (χ1n) is 12.8. The van der Waals surface area contributed by atoms with Gasteiger partial charge in [0.15, 0.2) is 11.5 Å². The molecule has 2 heterocycles. The van der Waals surface area contributed by atoms with Crippen LogP contribution in [-0.2, 0) is 17.6 Å². The lowest BCUT2D eigenvalue weighted by Crippen LogP contribution is -2.33. The van der Waals surface area contributed by atoms with Crippen LogP contribution >= 0.6 is 0 Å². The second-order valence-corrected chi connectivity index (χ2v) is 9.33. The van der Waals surface area contributed by atoms with E-state index in [1.54, 1.807) is 32.7 Å². The van der Waals surface area contributed by atoms with E-state index in [9.17, 15) is 4.79 Å². The zero-order valence-corrected chi connectivity index (χ0v) is 22.3. The van der Waals surface area contributed by atoms with Gasteiger partial charge in [-0.3, -0.25) is 4.79 Å². The Labute approximate surface area is 232 Å². The zero-order valence-electron chi connectivity index (χ0n) is 22.3. The summed E-state index contributed by atoms with van der Waals surface area (Å²) in [5, 5.41) is 6.07. The molecule has 0 saturated carbocycles. The van der Waals surface area contributed by atoms with Gasteiger partial charge < -0.3 is 20.9 Å². The van der Waals surface area contributed by atoms with Crippen LogP contribution in [0.5, 0.6) is 11.5 Å². The fourth-order valence-electron chi connectivity index (χ4n) is 4.82. The van der Waals surface area contributed by atoms with Gasteiger partial charge in [-0.05, 0) is 46.9 Å². The molecule has 1 aromatic heterocycles. The molecule has 202 valence electrons. The Kier molecular flexibility index (Phi) is 7.72. The van der Waals surface area contributed by atoms with Crippen molar-refractivity contribution in [3.05, 3.63) is 112 Å². The van der Waals surface area contributed by atoms with Crippen molar-refractivity contribution in [1.82, 2.24) is 15.0 Å². The molecule has 4 N–H and O–H groups in total. The van der Waals surface area contributed by atoms with Crippen molar-refractivity contribution in [2.75, 3.05) is 25.7 Å². The number of aromatic nitrogens is 2. The number of hydrogen-bond donors (Lipinski definition) is 2. The van der Waals surface area contributed by atoms with Gasteiger partial charge in [-0.2, -0.15) is 10.1 Å². The van der Waals surface area contributed by atoms with E-state index >= 15 is 0 Å². The molecule has 0 fully saturated rings. The summed E-state index contributed by atoms with van der Waals surface area (Å²) in [6.07, 6.45) is 7.62. The lowest BCUT2D eigenvalue weighted by atomic mass is 9.93. The van der Waals surface area contributed by atoms with Gasteiger partial charge in [0, 0.05) is 29.8 Å². The number of fused-ring (bicyclic) bond motifs is 1. The predicted octanol–water partition coefficient (Wildman–Crippen LogP) is 4.42. The molecule has 40 heavy (non-hydrogen) atoms. The van der Waals surface area contributed by atoms with Gasteiger partial charge >= 0.3 is 0 Å². The standard InChI is InChI=1S/C31H30N6O3/c1-39-27-17-21(15-24-18-34-31(33)36-30(24)32)14-22(29(27)40-2)12-13-28(38)37-26(16-20-8-4-3-5-9-20)25-11-7-6-10-23(25)19-35-37/h3-14,17-19,26H,15-16H2,1-2H3,(H4,32,33,34,36)/b13-12+. The molecule has 9 nitrogen and oxygen atoms in total. The van der Waals surface area contributed by atoms with Crippen LogP contribution < -0.4 is 20.9 Å². The lowest BCUT2D eigenvalue weighted by Gasteiger charge is -2.31. The quantitative estimate of drug-likeness (QED) is 0.320. The topological polar surface area (TPSA) is 129 Å². The van der Waals surface area contributed by atoms with Crippen LogP contribution in [0.1, 0.15) is 39.4 Å². The van der Waals surface area contributed by atoms with Crippen LogP contribution in [0.2, 0.25) is 0 Å². The largest absolute Gasteiger partial charge is 0.493 e. The van der Waals surface area contributed by atoms with Crippen molar-refractivity contribution in [3.8, 4) is 11.5 Å². The van der Waals surface area contributed by atoms with Crippen molar-refractivity contribution >= 4 is 30.0 Å². The highest BCUT2D eigenvalue weighted by atomic mass is 16.5.